The maximum absolute atomic E-state index is 10.3. The number of hydrogen-bond donors (Lipinski definition) is 4. The minimum absolute atomic E-state index is 0.571. The zero-order valence-electron chi connectivity index (χ0n) is 15.5. The van der Waals surface area contributed by atoms with Crippen molar-refractivity contribution in [1.82, 2.24) is 0 Å². The third kappa shape index (κ3) is 4.37. The largest absolute Gasteiger partial charge is 0.494 e. The molecule has 6 nitrogen and oxygen atoms in total. The molecule has 0 radical (unpaired) electrons. The second-order valence-corrected chi connectivity index (χ2v) is 7.17. The van der Waals surface area contributed by atoms with Gasteiger partial charge >= 0.3 is 0 Å². The Morgan fingerprint density at radius 1 is 1.07 bits per heavy atom. The summed E-state index contributed by atoms with van der Waals surface area (Å²) in [4.78, 5) is 0. The van der Waals surface area contributed by atoms with Gasteiger partial charge in [0, 0.05) is 11.2 Å². The third-order valence-corrected chi connectivity index (χ3v) is 5.21. The van der Waals surface area contributed by atoms with Gasteiger partial charge in [0.2, 0.25) is 0 Å². The van der Waals surface area contributed by atoms with Gasteiger partial charge in [-0.15, -0.1) is 0 Å². The Morgan fingerprint density at radius 2 is 1.79 bits per heavy atom. The van der Waals surface area contributed by atoms with E-state index in [1.807, 2.05) is 37.3 Å². The molecular formula is C21H24ClNO5. The second-order valence-electron chi connectivity index (χ2n) is 6.76. The molecule has 0 spiro atoms. The number of halogens is 1. The smallest absolute Gasteiger partial charge is 0.121 e. The lowest BCUT2D eigenvalue weighted by atomic mass is 9.90. The van der Waals surface area contributed by atoms with Crippen molar-refractivity contribution in [2.75, 3.05) is 6.61 Å². The zero-order valence-corrected chi connectivity index (χ0v) is 16.2. The Bertz CT molecular complexity index is 813. The van der Waals surface area contributed by atoms with Crippen LogP contribution < -0.4 is 4.74 Å². The van der Waals surface area contributed by atoms with E-state index in [0.29, 0.717) is 23.6 Å². The van der Waals surface area contributed by atoms with Crippen molar-refractivity contribution in [3.8, 4) is 5.75 Å². The van der Waals surface area contributed by atoms with Crippen molar-refractivity contribution in [1.29, 1.82) is 5.41 Å². The highest BCUT2D eigenvalue weighted by atomic mass is 35.5. The first-order valence-corrected chi connectivity index (χ1v) is 9.52. The van der Waals surface area contributed by atoms with Crippen molar-refractivity contribution in [2.45, 2.75) is 43.9 Å². The molecule has 2 aromatic carbocycles. The Kier molecular flexibility index (Phi) is 6.69. The Labute approximate surface area is 168 Å². The molecule has 0 aromatic heterocycles. The highest BCUT2D eigenvalue weighted by Gasteiger charge is 2.43. The van der Waals surface area contributed by atoms with Gasteiger partial charge in [0.25, 0.3) is 0 Å². The number of aliphatic hydroxyl groups is 3. The summed E-state index contributed by atoms with van der Waals surface area (Å²) in [7, 11) is 0. The molecule has 0 amide bonds. The van der Waals surface area contributed by atoms with E-state index in [1.54, 1.807) is 12.1 Å². The maximum atomic E-state index is 10.3. The molecule has 0 bridgehead atoms. The molecule has 1 unspecified atom stereocenters. The van der Waals surface area contributed by atoms with Crippen LogP contribution in [0, 0.1) is 5.41 Å². The Morgan fingerprint density at radius 3 is 2.43 bits per heavy atom. The van der Waals surface area contributed by atoms with Crippen LogP contribution in [0.15, 0.2) is 42.5 Å². The first kappa shape index (κ1) is 20.8. The SMILES string of the molecule is CCOc1ccc(Cc2cc([C@@H]3O[C@H](C=N)[C@@H](O)C(O)[C@H]3O)ccc2Cl)cc1. The van der Waals surface area contributed by atoms with Crippen LogP contribution in [-0.2, 0) is 11.2 Å². The monoisotopic (exact) mass is 405 g/mol. The standard InChI is InChI=1S/C21H24ClNO5/c1-2-27-15-6-3-12(4-7-15)9-14-10-13(5-8-16(14)22)21-20(26)19(25)18(24)17(11-23)28-21/h3-8,10-11,17-21,23-26H,2,9H2,1H3/t17-,18-,19?,20-,21+/m1/s1. The first-order chi connectivity index (χ1) is 13.4. The van der Waals surface area contributed by atoms with Crippen LogP contribution in [-0.4, -0.2) is 52.6 Å². The molecule has 1 heterocycles. The van der Waals surface area contributed by atoms with E-state index in [4.69, 9.17) is 26.5 Å². The fraction of sp³-hybridized carbons (Fsp3) is 0.381. The van der Waals surface area contributed by atoms with Crippen molar-refractivity contribution < 1.29 is 24.8 Å². The van der Waals surface area contributed by atoms with E-state index in [1.165, 1.54) is 0 Å². The topological polar surface area (TPSA) is 103 Å². The summed E-state index contributed by atoms with van der Waals surface area (Å²) in [5.74, 6) is 0.801. The summed E-state index contributed by atoms with van der Waals surface area (Å²) in [5, 5.41) is 38.3. The molecule has 3 rings (SSSR count). The van der Waals surface area contributed by atoms with E-state index in [-0.39, 0.29) is 0 Å². The highest BCUT2D eigenvalue weighted by molar-refractivity contribution is 6.31. The molecule has 1 saturated heterocycles. The van der Waals surface area contributed by atoms with E-state index < -0.39 is 30.5 Å². The summed E-state index contributed by atoms with van der Waals surface area (Å²) >= 11 is 6.36. The van der Waals surface area contributed by atoms with Crippen molar-refractivity contribution in [2.24, 2.45) is 0 Å². The summed E-state index contributed by atoms with van der Waals surface area (Å²) in [5.41, 5.74) is 2.50. The van der Waals surface area contributed by atoms with Crippen LogP contribution in [0.25, 0.3) is 0 Å². The molecule has 1 aliphatic rings. The van der Waals surface area contributed by atoms with Gasteiger partial charge in [-0.3, -0.25) is 0 Å². The molecular weight excluding hydrogens is 382 g/mol. The molecule has 0 aliphatic carbocycles. The van der Waals surface area contributed by atoms with Gasteiger partial charge in [-0.2, -0.15) is 0 Å². The van der Waals surface area contributed by atoms with Crippen LogP contribution in [0.2, 0.25) is 5.02 Å². The summed E-state index contributed by atoms with van der Waals surface area (Å²) < 4.78 is 11.1. The van der Waals surface area contributed by atoms with Crippen LogP contribution in [0.5, 0.6) is 5.75 Å². The fourth-order valence-electron chi connectivity index (χ4n) is 3.32. The molecule has 7 heteroatoms. The molecule has 1 fully saturated rings. The fourth-order valence-corrected chi connectivity index (χ4v) is 3.50. The average Bonchev–Trinajstić information content (AvgIpc) is 2.70. The van der Waals surface area contributed by atoms with E-state index in [9.17, 15) is 15.3 Å². The number of hydrogen-bond acceptors (Lipinski definition) is 6. The third-order valence-electron chi connectivity index (χ3n) is 4.84. The second kappa shape index (κ2) is 9.03. The summed E-state index contributed by atoms with van der Waals surface area (Å²) in [6, 6.07) is 13.0. The molecule has 0 saturated carbocycles. The number of benzene rings is 2. The minimum Gasteiger partial charge on any atom is -0.494 e. The zero-order chi connectivity index (χ0) is 20.3. The van der Waals surface area contributed by atoms with Crippen molar-refractivity contribution in [3.63, 3.8) is 0 Å². The number of ether oxygens (including phenoxy) is 2. The van der Waals surface area contributed by atoms with Crippen molar-refractivity contribution in [3.05, 3.63) is 64.2 Å². The van der Waals surface area contributed by atoms with E-state index >= 15 is 0 Å². The lowest BCUT2D eigenvalue weighted by Gasteiger charge is -2.39. The van der Waals surface area contributed by atoms with Gasteiger partial charge in [0.15, 0.2) is 0 Å². The summed E-state index contributed by atoms with van der Waals surface area (Å²) in [6.07, 6.45) is -4.44. The lowest BCUT2D eigenvalue weighted by molar-refractivity contribution is -0.205. The molecule has 150 valence electrons. The van der Waals surface area contributed by atoms with E-state index in [2.05, 4.69) is 0 Å². The number of aliphatic hydroxyl groups excluding tert-OH is 3. The predicted molar refractivity (Wildman–Crippen MR) is 106 cm³/mol. The van der Waals surface area contributed by atoms with Crippen molar-refractivity contribution >= 4 is 17.8 Å². The summed E-state index contributed by atoms with van der Waals surface area (Å²) in [6.45, 7) is 2.54. The van der Waals surface area contributed by atoms with Gasteiger partial charge in [0.05, 0.1) is 6.61 Å². The van der Waals surface area contributed by atoms with Gasteiger partial charge < -0.3 is 30.2 Å². The highest BCUT2D eigenvalue weighted by Crippen LogP contribution is 2.34. The maximum Gasteiger partial charge on any atom is 0.121 e. The van der Waals surface area contributed by atoms with Gasteiger partial charge in [-0.1, -0.05) is 35.9 Å². The minimum atomic E-state index is -1.41. The molecule has 5 atom stereocenters. The Hall–Kier alpha value is -1.96. The first-order valence-electron chi connectivity index (χ1n) is 9.15. The lowest BCUT2D eigenvalue weighted by Crippen LogP contribution is -2.54. The number of nitrogens with one attached hydrogen (secondary N) is 1. The van der Waals surface area contributed by atoms with Crippen LogP contribution in [0.4, 0.5) is 0 Å². The molecule has 2 aromatic rings. The quantitative estimate of drug-likeness (QED) is 0.553. The molecule has 28 heavy (non-hydrogen) atoms. The average molecular weight is 406 g/mol. The van der Waals surface area contributed by atoms with Gasteiger partial charge in [-0.25, -0.2) is 0 Å². The Balaban J connectivity index is 1.83. The van der Waals surface area contributed by atoms with Crippen LogP contribution in [0.3, 0.4) is 0 Å². The van der Waals surface area contributed by atoms with Crippen LogP contribution in [0.1, 0.15) is 29.7 Å². The molecule has 1 aliphatic heterocycles. The predicted octanol–water partition coefficient (Wildman–Crippen LogP) is 2.50. The van der Waals surface area contributed by atoms with Crippen LogP contribution >= 0.6 is 11.6 Å². The number of rotatable bonds is 6. The van der Waals surface area contributed by atoms with Gasteiger partial charge in [0.1, 0.15) is 36.3 Å². The molecule has 4 N–H and O–H groups in total. The van der Waals surface area contributed by atoms with Gasteiger partial charge in [-0.05, 0) is 48.2 Å². The normalized spacial score (nSPS) is 27.4. The van der Waals surface area contributed by atoms with E-state index in [0.717, 1.165) is 23.1 Å².